The summed E-state index contributed by atoms with van der Waals surface area (Å²) in [5.41, 5.74) is 6.11. The Morgan fingerprint density at radius 2 is 2.11 bits per heavy atom. The SMILES string of the molecule is CC1CCCC(N)C1C(=O)NC(C)C1CCCO1. The molecule has 5 atom stereocenters. The highest BCUT2D eigenvalue weighted by atomic mass is 16.5. The molecule has 2 fully saturated rings. The van der Waals surface area contributed by atoms with E-state index in [9.17, 15) is 4.79 Å². The molecule has 3 N–H and O–H groups in total. The van der Waals surface area contributed by atoms with Crippen molar-refractivity contribution >= 4 is 5.91 Å². The number of nitrogens with one attached hydrogen (secondary N) is 1. The van der Waals surface area contributed by atoms with Gasteiger partial charge in [-0.1, -0.05) is 13.3 Å². The van der Waals surface area contributed by atoms with E-state index in [1.165, 1.54) is 0 Å². The Morgan fingerprint density at radius 1 is 1.33 bits per heavy atom. The summed E-state index contributed by atoms with van der Waals surface area (Å²) in [4.78, 5) is 12.3. The summed E-state index contributed by atoms with van der Waals surface area (Å²) < 4.78 is 5.61. The van der Waals surface area contributed by atoms with E-state index in [0.29, 0.717) is 5.92 Å². The highest BCUT2D eigenvalue weighted by Crippen LogP contribution is 2.29. The molecule has 1 aliphatic heterocycles. The van der Waals surface area contributed by atoms with E-state index in [-0.39, 0.29) is 30.0 Å². The van der Waals surface area contributed by atoms with Crippen molar-refractivity contribution in [2.24, 2.45) is 17.6 Å². The van der Waals surface area contributed by atoms with Gasteiger partial charge in [-0.25, -0.2) is 0 Å². The zero-order valence-corrected chi connectivity index (χ0v) is 11.5. The van der Waals surface area contributed by atoms with Crippen LogP contribution in [0.3, 0.4) is 0 Å². The lowest BCUT2D eigenvalue weighted by molar-refractivity contribution is -0.129. The smallest absolute Gasteiger partial charge is 0.225 e. The molecule has 1 aliphatic carbocycles. The number of hydrogen-bond acceptors (Lipinski definition) is 3. The second kappa shape index (κ2) is 6.02. The van der Waals surface area contributed by atoms with Crippen LogP contribution in [0.4, 0.5) is 0 Å². The Labute approximate surface area is 110 Å². The van der Waals surface area contributed by atoms with Gasteiger partial charge in [0.1, 0.15) is 0 Å². The maximum Gasteiger partial charge on any atom is 0.225 e. The summed E-state index contributed by atoms with van der Waals surface area (Å²) >= 11 is 0. The molecular weight excluding hydrogens is 228 g/mol. The van der Waals surface area contributed by atoms with Crippen molar-refractivity contribution in [1.82, 2.24) is 5.32 Å². The standard InChI is InChI=1S/C14H26N2O2/c1-9-5-3-6-11(15)13(9)14(17)16-10(2)12-7-4-8-18-12/h9-13H,3-8,15H2,1-2H3,(H,16,17). The largest absolute Gasteiger partial charge is 0.376 e. The zero-order valence-electron chi connectivity index (χ0n) is 11.5. The van der Waals surface area contributed by atoms with Crippen LogP contribution >= 0.6 is 0 Å². The van der Waals surface area contributed by atoms with Crippen LogP contribution in [-0.2, 0) is 9.53 Å². The number of carbonyl (C=O) groups excluding carboxylic acids is 1. The molecule has 104 valence electrons. The second-order valence-electron chi connectivity index (χ2n) is 5.95. The van der Waals surface area contributed by atoms with E-state index in [1.807, 2.05) is 6.92 Å². The summed E-state index contributed by atoms with van der Waals surface area (Å²) in [7, 11) is 0. The fraction of sp³-hybridized carbons (Fsp3) is 0.929. The van der Waals surface area contributed by atoms with Crippen LogP contribution in [0, 0.1) is 11.8 Å². The molecular formula is C14H26N2O2. The number of amides is 1. The molecule has 5 unspecified atom stereocenters. The highest BCUT2D eigenvalue weighted by Gasteiger charge is 2.35. The lowest BCUT2D eigenvalue weighted by Gasteiger charge is -2.34. The van der Waals surface area contributed by atoms with Gasteiger partial charge in [-0.3, -0.25) is 4.79 Å². The third-order valence-electron chi connectivity index (χ3n) is 4.47. The van der Waals surface area contributed by atoms with Crippen molar-refractivity contribution in [2.75, 3.05) is 6.61 Å². The van der Waals surface area contributed by atoms with Gasteiger partial charge in [-0.2, -0.15) is 0 Å². The first kappa shape index (κ1) is 13.8. The van der Waals surface area contributed by atoms with Crippen LogP contribution in [0.2, 0.25) is 0 Å². The third kappa shape index (κ3) is 3.04. The van der Waals surface area contributed by atoms with Crippen molar-refractivity contribution in [3.8, 4) is 0 Å². The average molecular weight is 254 g/mol. The van der Waals surface area contributed by atoms with E-state index in [0.717, 1.165) is 38.7 Å². The molecule has 1 saturated heterocycles. The number of ether oxygens (including phenoxy) is 1. The first-order valence-electron chi connectivity index (χ1n) is 7.27. The quantitative estimate of drug-likeness (QED) is 0.801. The summed E-state index contributed by atoms with van der Waals surface area (Å²) in [6, 6.07) is 0.117. The molecule has 0 aromatic heterocycles. The summed E-state index contributed by atoms with van der Waals surface area (Å²) in [6.07, 6.45) is 5.56. The molecule has 0 bridgehead atoms. The highest BCUT2D eigenvalue weighted by molar-refractivity contribution is 5.80. The Balaban J connectivity index is 1.89. The first-order chi connectivity index (χ1) is 8.59. The van der Waals surface area contributed by atoms with Crippen LogP contribution in [0.5, 0.6) is 0 Å². The van der Waals surface area contributed by atoms with E-state index in [2.05, 4.69) is 12.2 Å². The van der Waals surface area contributed by atoms with Crippen LogP contribution in [0.1, 0.15) is 46.0 Å². The van der Waals surface area contributed by atoms with Gasteiger partial charge in [0.05, 0.1) is 18.1 Å². The van der Waals surface area contributed by atoms with Gasteiger partial charge in [0.25, 0.3) is 0 Å². The minimum atomic E-state index is -0.0254. The van der Waals surface area contributed by atoms with Crippen molar-refractivity contribution in [3.63, 3.8) is 0 Å². The molecule has 1 saturated carbocycles. The van der Waals surface area contributed by atoms with E-state index in [4.69, 9.17) is 10.5 Å². The van der Waals surface area contributed by atoms with Crippen molar-refractivity contribution < 1.29 is 9.53 Å². The van der Waals surface area contributed by atoms with Gasteiger partial charge in [-0.05, 0) is 38.5 Å². The predicted molar refractivity (Wildman–Crippen MR) is 71.1 cm³/mol. The normalized spacial score (nSPS) is 38.4. The van der Waals surface area contributed by atoms with Gasteiger partial charge in [0, 0.05) is 12.6 Å². The number of rotatable bonds is 3. The predicted octanol–water partition coefficient (Wildman–Crippen LogP) is 1.43. The van der Waals surface area contributed by atoms with Crippen LogP contribution in [-0.4, -0.2) is 30.7 Å². The van der Waals surface area contributed by atoms with Gasteiger partial charge < -0.3 is 15.8 Å². The Bertz CT molecular complexity index is 280. The summed E-state index contributed by atoms with van der Waals surface area (Å²) in [5.74, 6) is 0.491. The average Bonchev–Trinajstić information content (AvgIpc) is 2.81. The zero-order chi connectivity index (χ0) is 13.1. The monoisotopic (exact) mass is 254 g/mol. The van der Waals surface area contributed by atoms with Crippen molar-refractivity contribution in [2.45, 2.75) is 64.1 Å². The van der Waals surface area contributed by atoms with Gasteiger partial charge >= 0.3 is 0 Å². The lowest BCUT2D eigenvalue weighted by Crippen LogP contribution is -2.51. The Hall–Kier alpha value is -0.610. The second-order valence-corrected chi connectivity index (χ2v) is 5.95. The molecule has 1 heterocycles. The Kier molecular flexibility index (Phi) is 4.62. The fourth-order valence-corrected chi connectivity index (χ4v) is 3.32. The topological polar surface area (TPSA) is 64.4 Å². The lowest BCUT2D eigenvalue weighted by atomic mass is 9.76. The molecule has 0 aromatic rings. The molecule has 4 heteroatoms. The summed E-state index contributed by atoms with van der Waals surface area (Å²) in [5, 5.41) is 3.11. The third-order valence-corrected chi connectivity index (χ3v) is 4.47. The maximum absolute atomic E-state index is 12.3. The van der Waals surface area contributed by atoms with Crippen LogP contribution in [0.25, 0.3) is 0 Å². The minimum absolute atomic E-state index is 0.0189. The minimum Gasteiger partial charge on any atom is -0.376 e. The number of hydrogen-bond donors (Lipinski definition) is 2. The molecule has 0 aromatic carbocycles. The molecule has 1 amide bonds. The summed E-state index contributed by atoms with van der Waals surface area (Å²) in [6.45, 7) is 5.00. The maximum atomic E-state index is 12.3. The fourth-order valence-electron chi connectivity index (χ4n) is 3.32. The molecule has 0 radical (unpaired) electrons. The van der Waals surface area contributed by atoms with Gasteiger partial charge in [-0.15, -0.1) is 0 Å². The number of nitrogens with two attached hydrogens (primary N) is 1. The molecule has 2 aliphatic rings. The van der Waals surface area contributed by atoms with Crippen molar-refractivity contribution in [3.05, 3.63) is 0 Å². The van der Waals surface area contributed by atoms with Crippen LogP contribution in [0.15, 0.2) is 0 Å². The molecule has 18 heavy (non-hydrogen) atoms. The number of carbonyl (C=O) groups is 1. The molecule has 2 rings (SSSR count). The molecule has 4 nitrogen and oxygen atoms in total. The van der Waals surface area contributed by atoms with Gasteiger partial charge in [0.2, 0.25) is 5.91 Å². The van der Waals surface area contributed by atoms with Crippen LogP contribution < -0.4 is 11.1 Å². The van der Waals surface area contributed by atoms with Crippen molar-refractivity contribution in [1.29, 1.82) is 0 Å². The van der Waals surface area contributed by atoms with E-state index >= 15 is 0 Å². The van der Waals surface area contributed by atoms with E-state index < -0.39 is 0 Å². The van der Waals surface area contributed by atoms with Gasteiger partial charge in [0.15, 0.2) is 0 Å². The Morgan fingerprint density at radius 3 is 2.72 bits per heavy atom. The van der Waals surface area contributed by atoms with E-state index in [1.54, 1.807) is 0 Å². The first-order valence-corrected chi connectivity index (χ1v) is 7.27. The molecule has 0 spiro atoms.